The van der Waals surface area contributed by atoms with E-state index in [1.165, 1.54) is 14.2 Å². The van der Waals surface area contributed by atoms with E-state index < -0.39 is 0 Å². The molecule has 0 fully saturated rings. The minimum absolute atomic E-state index is 0.373. The monoisotopic (exact) mass is 418 g/mol. The Hall–Kier alpha value is -0.0500. The number of ether oxygens (including phenoxy) is 2. The van der Waals surface area contributed by atoms with Gasteiger partial charge in [-0.15, -0.1) is 0 Å². The van der Waals surface area contributed by atoms with Crippen LogP contribution in [0.1, 0.15) is 10.4 Å². The van der Waals surface area contributed by atoms with Gasteiger partial charge in [0, 0.05) is 7.14 Å². The standard InChI is InChI=1S/C9H8I2O3/c1-13-7-4-5(10)3-6(11)8(7)9(12)14-2/h3-4H,1-2H3. The molecule has 0 aliphatic rings. The van der Waals surface area contributed by atoms with E-state index in [1.54, 1.807) is 6.07 Å². The van der Waals surface area contributed by atoms with E-state index in [1.807, 2.05) is 6.07 Å². The quantitative estimate of drug-likeness (QED) is 0.548. The lowest BCUT2D eigenvalue weighted by Crippen LogP contribution is -2.07. The van der Waals surface area contributed by atoms with Crippen LogP contribution in [0.4, 0.5) is 0 Å². The fourth-order valence-electron chi connectivity index (χ4n) is 1.01. The van der Waals surface area contributed by atoms with Crippen molar-refractivity contribution < 1.29 is 14.3 Å². The molecule has 0 unspecified atom stereocenters. The van der Waals surface area contributed by atoms with Gasteiger partial charge in [-0.1, -0.05) is 0 Å². The van der Waals surface area contributed by atoms with E-state index in [9.17, 15) is 4.79 Å². The number of carbonyl (C=O) groups excluding carboxylic acids is 1. The summed E-state index contributed by atoms with van der Waals surface area (Å²) >= 11 is 4.26. The average Bonchev–Trinajstić information content (AvgIpc) is 2.15. The van der Waals surface area contributed by atoms with Crippen molar-refractivity contribution in [2.75, 3.05) is 14.2 Å². The lowest BCUT2D eigenvalue weighted by Gasteiger charge is -2.09. The second-order valence-electron chi connectivity index (χ2n) is 2.46. The van der Waals surface area contributed by atoms with Crippen LogP contribution in [0.5, 0.6) is 5.75 Å². The van der Waals surface area contributed by atoms with Gasteiger partial charge in [-0.3, -0.25) is 0 Å². The molecule has 1 aromatic carbocycles. The number of halogens is 2. The third kappa shape index (κ3) is 2.50. The third-order valence-corrected chi connectivity index (χ3v) is 3.10. The van der Waals surface area contributed by atoms with Gasteiger partial charge in [-0.25, -0.2) is 4.79 Å². The van der Waals surface area contributed by atoms with Gasteiger partial charge in [-0.2, -0.15) is 0 Å². The minimum Gasteiger partial charge on any atom is -0.496 e. The summed E-state index contributed by atoms with van der Waals surface area (Å²) in [6.07, 6.45) is 0. The predicted molar refractivity (Wildman–Crippen MR) is 69.8 cm³/mol. The Morgan fingerprint density at radius 3 is 2.43 bits per heavy atom. The second-order valence-corrected chi connectivity index (χ2v) is 4.86. The zero-order valence-corrected chi connectivity index (χ0v) is 12.0. The molecule has 0 N–H and O–H groups in total. The Kier molecular flexibility index (Phi) is 4.42. The number of esters is 1. The van der Waals surface area contributed by atoms with Gasteiger partial charge >= 0.3 is 5.97 Å². The van der Waals surface area contributed by atoms with Crippen LogP contribution in [0.3, 0.4) is 0 Å². The van der Waals surface area contributed by atoms with E-state index in [4.69, 9.17) is 4.74 Å². The molecule has 5 heteroatoms. The van der Waals surface area contributed by atoms with Crippen molar-refractivity contribution >= 4 is 51.2 Å². The first kappa shape index (κ1) is 12.0. The second kappa shape index (κ2) is 5.15. The Morgan fingerprint density at radius 2 is 1.93 bits per heavy atom. The van der Waals surface area contributed by atoms with Crippen LogP contribution >= 0.6 is 45.2 Å². The summed E-state index contributed by atoms with van der Waals surface area (Å²) in [7, 11) is 2.89. The highest BCUT2D eigenvalue weighted by Gasteiger charge is 2.17. The van der Waals surface area contributed by atoms with Crippen LogP contribution in [-0.2, 0) is 4.74 Å². The molecule has 14 heavy (non-hydrogen) atoms. The summed E-state index contributed by atoms with van der Waals surface area (Å²) in [6.45, 7) is 0. The van der Waals surface area contributed by atoms with Crippen LogP contribution < -0.4 is 4.74 Å². The molecule has 0 aliphatic heterocycles. The Labute approximate surface area is 109 Å². The van der Waals surface area contributed by atoms with Gasteiger partial charge in [-0.05, 0) is 57.3 Å². The summed E-state index contributed by atoms with van der Waals surface area (Å²) in [5.74, 6) is 0.177. The Balaban J connectivity index is 3.32. The minimum atomic E-state index is -0.373. The third-order valence-electron chi connectivity index (χ3n) is 1.63. The molecule has 0 bridgehead atoms. The average molecular weight is 418 g/mol. The van der Waals surface area contributed by atoms with Gasteiger partial charge in [0.25, 0.3) is 0 Å². The molecule has 76 valence electrons. The van der Waals surface area contributed by atoms with E-state index in [-0.39, 0.29) is 5.97 Å². The number of methoxy groups -OCH3 is 2. The molecule has 0 aromatic heterocycles. The highest BCUT2D eigenvalue weighted by molar-refractivity contribution is 14.1. The van der Waals surface area contributed by atoms with Crippen molar-refractivity contribution in [1.82, 2.24) is 0 Å². The van der Waals surface area contributed by atoms with Crippen LogP contribution in [-0.4, -0.2) is 20.2 Å². The maximum absolute atomic E-state index is 11.4. The van der Waals surface area contributed by atoms with Crippen LogP contribution in [0, 0.1) is 7.14 Å². The van der Waals surface area contributed by atoms with E-state index in [2.05, 4.69) is 49.9 Å². The summed E-state index contributed by atoms with van der Waals surface area (Å²) in [5, 5.41) is 0. The molecule has 0 atom stereocenters. The SMILES string of the molecule is COC(=O)c1c(I)cc(I)cc1OC. The van der Waals surface area contributed by atoms with Crippen molar-refractivity contribution in [2.24, 2.45) is 0 Å². The van der Waals surface area contributed by atoms with Crippen LogP contribution in [0.2, 0.25) is 0 Å². The lowest BCUT2D eigenvalue weighted by atomic mass is 10.2. The number of hydrogen-bond donors (Lipinski definition) is 0. The number of hydrogen-bond acceptors (Lipinski definition) is 3. The molecular weight excluding hydrogens is 410 g/mol. The van der Waals surface area contributed by atoms with Crippen molar-refractivity contribution in [1.29, 1.82) is 0 Å². The highest BCUT2D eigenvalue weighted by atomic mass is 127. The van der Waals surface area contributed by atoms with Gasteiger partial charge < -0.3 is 9.47 Å². The zero-order valence-electron chi connectivity index (χ0n) is 7.64. The first-order chi connectivity index (χ1) is 6.60. The van der Waals surface area contributed by atoms with Crippen molar-refractivity contribution in [3.05, 3.63) is 24.8 Å². The molecular formula is C9H8I2O3. The summed E-state index contributed by atoms with van der Waals surface area (Å²) in [5.41, 5.74) is 0.482. The molecule has 0 radical (unpaired) electrons. The Bertz CT molecular complexity index is 363. The molecule has 3 nitrogen and oxygen atoms in total. The van der Waals surface area contributed by atoms with Gasteiger partial charge in [0.2, 0.25) is 0 Å². The normalized spacial score (nSPS) is 9.71. The van der Waals surface area contributed by atoms with Gasteiger partial charge in [0.1, 0.15) is 11.3 Å². The van der Waals surface area contributed by atoms with Gasteiger partial charge in [0.05, 0.1) is 14.2 Å². The fourth-order valence-corrected chi connectivity index (χ4v) is 3.02. The van der Waals surface area contributed by atoms with Crippen LogP contribution in [0.25, 0.3) is 0 Å². The Morgan fingerprint density at radius 1 is 1.29 bits per heavy atom. The van der Waals surface area contributed by atoms with Crippen LogP contribution in [0.15, 0.2) is 12.1 Å². The van der Waals surface area contributed by atoms with E-state index >= 15 is 0 Å². The molecule has 0 aliphatic carbocycles. The molecule has 0 saturated carbocycles. The van der Waals surface area contributed by atoms with Crippen molar-refractivity contribution in [2.45, 2.75) is 0 Å². The zero-order chi connectivity index (χ0) is 10.7. The molecule has 0 amide bonds. The number of rotatable bonds is 2. The highest BCUT2D eigenvalue weighted by Crippen LogP contribution is 2.27. The molecule has 1 rings (SSSR count). The van der Waals surface area contributed by atoms with Crippen molar-refractivity contribution in [3.8, 4) is 5.75 Å². The molecule has 0 saturated heterocycles. The largest absolute Gasteiger partial charge is 0.496 e. The molecule has 0 heterocycles. The summed E-state index contributed by atoms with van der Waals surface area (Å²) < 4.78 is 11.6. The predicted octanol–water partition coefficient (Wildman–Crippen LogP) is 2.69. The number of carbonyl (C=O) groups is 1. The maximum Gasteiger partial charge on any atom is 0.342 e. The number of benzene rings is 1. The smallest absolute Gasteiger partial charge is 0.342 e. The topological polar surface area (TPSA) is 35.5 Å². The first-order valence-electron chi connectivity index (χ1n) is 3.71. The summed E-state index contributed by atoms with van der Waals surface area (Å²) in [4.78, 5) is 11.4. The van der Waals surface area contributed by atoms with Gasteiger partial charge in [0.15, 0.2) is 0 Å². The maximum atomic E-state index is 11.4. The first-order valence-corrected chi connectivity index (χ1v) is 5.87. The molecule has 1 aromatic rings. The fraction of sp³-hybridized carbons (Fsp3) is 0.222. The van der Waals surface area contributed by atoms with Crippen molar-refractivity contribution in [3.63, 3.8) is 0 Å². The van der Waals surface area contributed by atoms with E-state index in [0.717, 1.165) is 7.14 Å². The lowest BCUT2D eigenvalue weighted by molar-refractivity contribution is 0.0596. The summed E-state index contributed by atoms with van der Waals surface area (Å²) in [6, 6.07) is 3.70. The molecule has 0 spiro atoms. The van der Waals surface area contributed by atoms with E-state index in [0.29, 0.717) is 11.3 Å².